The molecule has 0 atom stereocenters. The van der Waals surface area contributed by atoms with Gasteiger partial charge in [0.25, 0.3) is 0 Å². The lowest BCUT2D eigenvalue weighted by Gasteiger charge is -2.36. The Bertz CT molecular complexity index is 624. The Morgan fingerprint density at radius 3 is 2.45 bits per heavy atom. The van der Waals surface area contributed by atoms with Crippen molar-refractivity contribution in [3.8, 4) is 0 Å². The van der Waals surface area contributed by atoms with E-state index in [0.717, 1.165) is 38.4 Å². The normalized spacial score (nSPS) is 19.6. The molecule has 2 aliphatic rings. The summed E-state index contributed by atoms with van der Waals surface area (Å²) < 4.78 is 15.3. The molecule has 1 saturated carbocycles. The molecular weight excluding hydrogens is 279 g/mol. The molecule has 116 valence electrons. The predicted octanol–water partition coefficient (Wildman–Crippen LogP) is 2.68. The smallest absolute Gasteiger partial charge is 0.123 e. The zero-order valence-electron chi connectivity index (χ0n) is 12.7. The quantitative estimate of drug-likeness (QED) is 0.867. The zero-order chi connectivity index (χ0) is 14.9. The molecule has 22 heavy (non-hydrogen) atoms. The minimum Gasteiger partial charge on any atom is -0.369 e. The second-order valence-corrected chi connectivity index (χ2v) is 6.26. The monoisotopic (exact) mass is 300 g/mol. The average Bonchev–Trinajstić information content (AvgIpc) is 3.29. The standard InChI is InChI=1S/C17H21FN4/c18-14-1-3-15(4-2-14)21-9-7-20(8-10-21)12-17-11-19-13-22(17)16-5-6-16/h1-4,11,13,16H,5-10,12H2. The molecule has 0 bridgehead atoms. The lowest BCUT2D eigenvalue weighted by Crippen LogP contribution is -2.46. The molecule has 1 saturated heterocycles. The summed E-state index contributed by atoms with van der Waals surface area (Å²) >= 11 is 0. The van der Waals surface area contributed by atoms with Crippen molar-refractivity contribution in [1.29, 1.82) is 0 Å². The summed E-state index contributed by atoms with van der Waals surface area (Å²) in [7, 11) is 0. The van der Waals surface area contributed by atoms with Crippen LogP contribution in [-0.4, -0.2) is 40.6 Å². The third kappa shape index (κ3) is 2.86. The summed E-state index contributed by atoms with van der Waals surface area (Å²) in [6, 6.07) is 7.50. The molecule has 1 aliphatic heterocycles. The number of halogens is 1. The lowest BCUT2D eigenvalue weighted by atomic mass is 10.2. The maximum absolute atomic E-state index is 13.0. The summed E-state index contributed by atoms with van der Waals surface area (Å²) in [5.41, 5.74) is 2.45. The van der Waals surface area contributed by atoms with Crippen LogP contribution in [0, 0.1) is 5.82 Å². The number of rotatable bonds is 4. The van der Waals surface area contributed by atoms with E-state index in [2.05, 4.69) is 19.4 Å². The van der Waals surface area contributed by atoms with Crippen LogP contribution in [0.1, 0.15) is 24.6 Å². The molecule has 0 amide bonds. The van der Waals surface area contributed by atoms with Gasteiger partial charge >= 0.3 is 0 Å². The van der Waals surface area contributed by atoms with Gasteiger partial charge in [-0.25, -0.2) is 9.37 Å². The molecule has 1 aromatic heterocycles. The number of anilines is 1. The fraction of sp³-hybridized carbons (Fsp3) is 0.471. The van der Waals surface area contributed by atoms with E-state index in [9.17, 15) is 4.39 Å². The van der Waals surface area contributed by atoms with Gasteiger partial charge in [-0.15, -0.1) is 0 Å². The first-order valence-corrected chi connectivity index (χ1v) is 8.03. The van der Waals surface area contributed by atoms with Gasteiger partial charge in [-0.3, -0.25) is 4.90 Å². The highest BCUT2D eigenvalue weighted by Gasteiger charge is 2.26. The Morgan fingerprint density at radius 2 is 1.77 bits per heavy atom. The van der Waals surface area contributed by atoms with Crippen molar-refractivity contribution in [2.24, 2.45) is 0 Å². The highest BCUT2D eigenvalue weighted by Crippen LogP contribution is 2.35. The number of aromatic nitrogens is 2. The van der Waals surface area contributed by atoms with Crippen LogP contribution in [0.4, 0.5) is 10.1 Å². The van der Waals surface area contributed by atoms with Crippen molar-refractivity contribution < 1.29 is 4.39 Å². The van der Waals surface area contributed by atoms with Gasteiger partial charge in [-0.1, -0.05) is 0 Å². The third-order valence-corrected chi connectivity index (χ3v) is 4.64. The van der Waals surface area contributed by atoms with Gasteiger partial charge in [-0.2, -0.15) is 0 Å². The Balaban J connectivity index is 1.35. The van der Waals surface area contributed by atoms with E-state index in [1.807, 2.05) is 24.7 Å². The third-order valence-electron chi connectivity index (χ3n) is 4.64. The van der Waals surface area contributed by atoms with Gasteiger partial charge in [0.1, 0.15) is 5.82 Å². The van der Waals surface area contributed by atoms with Crippen LogP contribution in [0.25, 0.3) is 0 Å². The van der Waals surface area contributed by atoms with Crippen LogP contribution in [0.15, 0.2) is 36.8 Å². The molecule has 0 N–H and O–H groups in total. The number of benzene rings is 1. The molecule has 0 spiro atoms. The van der Waals surface area contributed by atoms with E-state index in [1.54, 1.807) is 0 Å². The summed E-state index contributed by atoms with van der Waals surface area (Å²) in [5.74, 6) is -0.171. The van der Waals surface area contributed by atoms with Gasteiger partial charge in [0.05, 0.1) is 12.0 Å². The largest absolute Gasteiger partial charge is 0.369 e. The van der Waals surface area contributed by atoms with Crippen molar-refractivity contribution >= 4 is 5.69 Å². The summed E-state index contributed by atoms with van der Waals surface area (Å²) in [4.78, 5) is 9.12. The van der Waals surface area contributed by atoms with Gasteiger partial charge < -0.3 is 9.47 Å². The van der Waals surface area contributed by atoms with Crippen molar-refractivity contribution in [1.82, 2.24) is 14.5 Å². The van der Waals surface area contributed by atoms with E-state index >= 15 is 0 Å². The lowest BCUT2D eigenvalue weighted by molar-refractivity contribution is 0.244. The molecular formula is C17H21FN4. The molecule has 0 radical (unpaired) electrons. The summed E-state index contributed by atoms with van der Waals surface area (Å²) in [5, 5.41) is 0. The molecule has 4 nitrogen and oxygen atoms in total. The predicted molar refractivity (Wildman–Crippen MR) is 84.4 cm³/mol. The first-order chi connectivity index (χ1) is 10.8. The van der Waals surface area contributed by atoms with Crippen molar-refractivity contribution in [2.75, 3.05) is 31.1 Å². The maximum atomic E-state index is 13.0. The highest BCUT2D eigenvalue weighted by molar-refractivity contribution is 5.46. The summed E-state index contributed by atoms with van der Waals surface area (Å²) in [6.07, 6.45) is 6.57. The molecule has 4 rings (SSSR count). The van der Waals surface area contributed by atoms with Crippen LogP contribution >= 0.6 is 0 Å². The topological polar surface area (TPSA) is 24.3 Å². The van der Waals surface area contributed by atoms with Crippen LogP contribution in [-0.2, 0) is 6.54 Å². The van der Waals surface area contributed by atoms with E-state index in [0.29, 0.717) is 6.04 Å². The van der Waals surface area contributed by atoms with Crippen LogP contribution in [0.3, 0.4) is 0 Å². The number of hydrogen-bond donors (Lipinski definition) is 0. The number of imidazole rings is 1. The zero-order valence-corrected chi connectivity index (χ0v) is 12.7. The van der Waals surface area contributed by atoms with E-state index < -0.39 is 0 Å². The average molecular weight is 300 g/mol. The summed E-state index contributed by atoms with van der Waals surface area (Å²) in [6.45, 7) is 5.03. The molecule has 2 aromatic rings. The van der Waals surface area contributed by atoms with Gasteiger partial charge in [0.2, 0.25) is 0 Å². The van der Waals surface area contributed by atoms with Crippen LogP contribution in [0.2, 0.25) is 0 Å². The van der Waals surface area contributed by atoms with Crippen molar-refractivity contribution in [2.45, 2.75) is 25.4 Å². The fourth-order valence-corrected chi connectivity index (χ4v) is 3.18. The SMILES string of the molecule is Fc1ccc(N2CCN(Cc3cncn3C3CC3)CC2)cc1. The molecule has 1 aromatic carbocycles. The first kappa shape index (κ1) is 13.8. The number of nitrogens with zero attached hydrogens (tertiary/aromatic N) is 4. The number of piperazine rings is 1. The van der Waals surface area contributed by atoms with E-state index in [-0.39, 0.29) is 5.82 Å². The first-order valence-electron chi connectivity index (χ1n) is 8.03. The molecule has 5 heteroatoms. The maximum Gasteiger partial charge on any atom is 0.123 e. The van der Waals surface area contributed by atoms with Gasteiger partial charge in [-0.05, 0) is 37.1 Å². The Labute approximate surface area is 130 Å². The minimum atomic E-state index is -0.171. The molecule has 2 fully saturated rings. The highest BCUT2D eigenvalue weighted by atomic mass is 19.1. The van der Waals surface area contributed by atoms with Crippen molar-refractivity contribution in [3.63, 3.8) is 0 Å². The van der Waals surface area contributed by atoms with E-state index in [4.69, 9.17) is 0 Å². The van der Waals surface area contributed by atoms with Crippen LogP contribution in [0.5, 0.6) is 0 Å². The molecule has 2 heterocycles. The molecule has 1 aliphatic carbocycles. The van der Waals surface area contributed by atoms with E-state index in [1.165, 1.54) is 30.7 Å². The number of hydrogen-bond acceptors (Lipinski definition) is 3. The van der Waals surface area contributed by atoms with Gasteiger partial charge in [0.15, 0.2) is 0 Å². The fourth-order valence-electron chi connectivity index (χ4n) is 3.18. The Morgan fingerprint density at radius 1 is 1.05 bits per heavy atom. The second kappa shape index (κ2) is 5.72. The Hall–Kier alpha value is -1.88. The Kier molecular flexibility index (Phi) is 3.58. The molecule has 0 unspecified atom stereocenters. The minimum absolute atomic E-state index is 0.171. The van der Waals surface area contributed by atoms with Crippen molar-refractivity contribution in [3.05, 3.63) is 48.3 Å². The second-order valence-electron chi connectivity index (χ2n) is 6.26. The van der Waals surface area contributed by atoms with Gasteiger partial charge in [0, 0.05) is 50.6 Å². The van der Waals surface area contributed by atoms with Crippen LogP contribution < -0.4 is 4.90 Å².